The van der Waals surface area contributed by atoms with Crippen LogP contribution in [0.1, 0.15) is 26.4 Å². The van der Waals surface area contributed by atoms with E-state index in [1.807, 2.05) is 54.8 Å². The Morgan fingerprint density at radius 2 is 1.83 bits per heavy atom. The molecule has 6 heteroatoms. The van der Waals surface area contributed by atoms with Crippen molar-refractivity contribution in [1.29, 1.82) is 0 Å². The molecular formula is C23H19FN2OS2. The lowest BCUT2D eigenvalue weighted by Gasteiger charge is -2.18. The lowest BCUT2D eigenvalue weighted by molar-refractivity contribution is -0.120. The highest BCUT2D eigenvalue weighted by Crippen LogP contribution is 2.30. The molecule has 1 atom stereocenters. The zero-order chi connectivity index (χ0) is 20.2. The van der Waals surface area contributed by atoms with Crippen LogP contribution in [0.5, 0.6) is 0 Å². The number of hydrogen-bond acceptors (Lipinski definition) is 4. The summed E-state index contributed by atoms with van der Waals surface area (Å²) in [5.74, 6) is -0.360. The third kappa shape index (κ3) is 4.60. The van der Waals surface area contributed by atoms with Crippen molar-refractivity contribution in [3.8, 4) is 11.3 Å². The normalized spacial score (nSPS) is 11.9. The predicted molar refractivity (Wildman–Crippen MR) is 117 cm³/mol. The third-order valence-corrected chi connectivity index (χ3v) is 6.42. The van der Waals surface area contributed by atoms with Crippen molar-refractivity contribution in [2.75, 3.05) is 0 Å². The van der Waals surface area contributed by atoms with Gasteiger partial charge >= 0.3 is 0 Å². The van der Waals surface area contributed by atoms with E-state index in [1.54, 1.807) is 23.5 Å². The van der Waals surface area contributed by atoms with E-state index in [-0.39, 0.29) is 24.2 Å². The van der Waals surface area contributed by atoms with Crippen molar-refractivity contribution in [3.63, 3.8) is 0 Å². The predicted octanol–water partition coefficient (Wildman–Crippen LogP) is 5.77. The summed E-state index contributed by atoms with van der Waals surface area (Å²) in [7, 11) is 0. The van der Waals surface area contributed by atoms with Gasteiger partial charge < -0.3 is 5.32 Å². The van der Waals surface area contributed by atoms with Gasteiger partial charge in [-0.05, 0) is 48.2 Å². The summed E-state index contributed by atoms with van der Waals surface area (Å²) in [6.45, 7) is 1.91. The van der Waals surface area contributed by atoms with E-state index in [0.29, 0.717) is 0 Å². The molecule has 2 aromatic carbocycles. The van der Waals surface area contributed by atoms with Crippen molar-refractivity contribution in [1.82, 2.24) is 10.3 Å². The Bertz CT molecular complexity index is 1090. The summed E-state index contributed by atoms with van der Waals surface area (Å²) in [6.07, 6.45) is 0.229. The van der Waals surface area contributed by atoms with Crippen molar-refractivity contribution in [3.05, 3.63) is 98.3 Å². The van der Waals surface area contributed by atoms with E-state index in [9.17, 15) is 9.18 Å². The minimum absolute atomic E-state index is 0.0701. The Kier molecular flexibility index (Phi) is 5.83. The fraction of sp³-hybridized carbons (Fsp3) is 0.130. The standard InChI is InChI=1S/C23H19FN2OS2/c1-15-25-23(17-9-11-18(24)12-10-17)20(29-15)14-21(27)26-22(19-8-5-13-28-19)16-6-3-2-4-7-16/h2-13,22H,14H2,1H3,(H,26,27). The Morgan fingerprint density at radius 1 is 1.07 bits per heavy atom. The number of aromatic nitrogens is 1. The molecule has 2 aromatic heterocycles. The van der Waals surface area contributed by atoms with Crippen molar-refractivity contribution >= 4 is 28.6 Å². The highest BCUT2D eigenvalue weighted by atomic mass is 32.1. The number of hydrogen-bond donors (Lipinski definition) is 1. The highest BCUT2D eigenvalue weighted by molar-refractivity contribution is 7.12. The van der Waals surface area contributed by atoms with Gasteiger partial charge in [0.2, 0.25) is 5.91 Å². The zero-order valence-electron chi connectivity index (χ0n) is 15.8. The van der Waals surface area contributed by atoms with Crippen LogP contribution < -0.4 is 5.32 Å². The topological polar surface area (TPSA) is 42.0 Å². The molecule has 0 bridgehead atoms. The maximum Gasteiger partial charge on any atom is 0.226 e. The summed E-state index contributed by atoms with van der Waals surface area (Å²) < 4.78 is 13.3. The number of carbonyl (C=O) groups excluding carboxylic acids is 1. The second kappa shape index (κ2) is 8.68. The Balaban J connectivity index is 1.57. The van der Waals surface area contributed by atoms with Gasteiger partial charge in [-0.15, -0.1) is 22.7 Å². The zero-order valence-corrected chi connectivity index (χ0v) is 17.4. The molecule has 0 aliphatic carbocycles. The monoisotopic (exact) mass is 422 g/mol. The van der Waals surface area contributed by atoms with E-state index >= 15 is 0 Å². The van der Waals surface area contributed by atoms with E-state index in [1.165, 1.54) is 23.5 Å². The first-order chi connectivity index (χ1) is 14.1. The van der Waals surface area contributed by atoms with Crippen LogP contribution in [-0.2, 0) is 11.2 Å². The fourth-order valence-electron chi connectivity index (χ4n) is 3.20. The van der Waals surface area contributed by atoms with Gasteiger partial charge in [0.1, 0.15) is 5.82 Å². The maximum absolute atomic E-state index is 13.3. The van der Waals surface area contributed by atoms with Crippen LogP contribution in [0, 0.1) is 12.7 Å². The van der Waals surface area contributed by atoms with Crippen molar-refractivity contribution in [2.45, 2.75) is 19.4 Å². The lowest BCUT2D eigenvalue weighted by Crippen LogP contribution is -2.30. The summed E-state index contributed by atoms with van der Waals surface area (Å²) in [4.78, 5) is 19.5. The Hall–Kier alpha value is -2.83. The number of carbonyl (C=O) groups is 1. The van der Waals surface area contributed by atoms with Crippen LogP contribution in [0.4, 0.5) is 4.39 Å². The van der Waals surface area contributed by atoms with E-state index < -0.39 is 0 Å². The van der Waals surface area contributed by atoms with Crippen LogP contribution >= 0.6 is 22.7 Å². The van der Waals surface area contributed by atoms with Gasteiger partial charge in [-0.3, -0.25) is 4.79 Å². The van der Waals surface area contributed by atoms with Crippen LogP contribution in [0.3, 0.4) is 0 Å². The molecule has 2 heterocycles. The number of thiazole rings is 1. The number of nitrogens with zero attached hydrogens (tertiary/aromatic N) is 1. The van der Waals surface area contributed by atoms with Crippen molar-refractivity contribution in [2.24, 2.45) is 0 Å². The number of aryl methyl sites for hydroxylation is 1. The van der Waals surface area contributed by atoms with Gasteiger partial charge in [0.05, 0.1) is 23.2 Å². The first-order valence-corrected chi connectivity index (χ1v) is 10.9. The summed E-state index contributed by atoms with van der Waals surface area (Å²) in [5, 5.41) is 6.06. The number of benzene rings is 2. The molecule has 0 radical (unpaired) electrons. The molecule has 0 fully saturated rings. The average molecular weight is 423 g/mol. The van der Waals surface area contributed by atoms with E-state index in [2.05, 4.69) is 10.3 Å². The van der Waals surface area contributed by atoms with Crippen LogP contribution in [0.2, 0.25) is 0 Å². The molecule has 29 heavy (non-hydrogen) atoms. The Labute approximate surface area is 176 Å². The van der Waals surface area contributed by atoms with Gasteiger partial charge in [0.25, 0.3) is 0 Å². The molecule has 4 rings (SSSR count). The molecule has 0 aliphatic heterocycles. The summed E-state index contributed by atoms with van der Waals surface area (Å²) >= 11 is 3.12. The summed E-state index contributed by atoms with van der Waals surface area (Å²) in [6, 6.07) is 20.0. The first kappa shape index (κ1) is 19.5. The van der Waals surface area contributed by atoms with Gasteiger partial charge in [-0.1, -0.05) is 36.4 Å². The number of rotatable bonds is 6. The SMILES string of the molecule is Cc1nc(-c2ccc(F)cc2)c(CC(=O)NC(c2ccccc2)c2cccs2)s1. The average Bonchev–Trinajstić information content (AvgIpc) is 3.37. The summed E-state index contributed by atoms with van der Waals surface area (Å²) in [5.41, 5.74) is 2.61. The number of thiophene rings is 1. The van der Waals surface area contributed by atoms with Gasteiger partial charge in [0.15, 0.2) is 0 Å². The number of halogens is 1. The minimum Gasteiger partial charge on any atom is -0.344 e. The van der Waals surface area contributed by atoms with Crippen LogP contribution in [0.25, 0.3) is 11.3 Å². The molecule has 146 valence electrons. The number of amides is 1. The second-order valence-corrected chi connectivity index (χ2v) is 8.88. The van der Waals surface area contributed by atoms with Crippen LogP contribution in [-0.4, -0.2) is 10.9 Å². The lowest BCUT2D eigenvalue weighted by atomic mass is 10.0. The molecule has 3 nitrogen and oxygen atoms in total. The largest absolute Gasteiger partial charge is 0.344 e. The minimum atomic E-state index is -0.290. The molecule has 4 aromatic rings. The molecular weight excluding hydrogens is 403 g/mol. The fourth-order valence-corrected chi connectivity index (χ4v) is 4.96. The molecule has 0 spiro atoms. The quantitative estimate of drug-likeness (QED) is 0.429. The molecule has 0 saturated heterocycles. The maximum atomic E-state index is 13.3. The van der Waals surface area contributed by atoms with Crippen LogP contribution in [0.15, 0.2) is 72.1 Å². The molecule has 0 aliphatic rings. The first-order valence-electron chi connectivity index (χ1n) is 9.20. The Morgan fingerprint density at radius 3 is 2.52 bits per heavy atom. The number of nitrogens with one attached hydrogen (secondary N) is 1. The van der Waals surface area contributed by atoms with E-state index in [4.69, 9.17) is 0 Å². The van der Waals surface area contributed by atoms with Crippen molar-refractivity contribution < 1.29 is 9.18 Å². The van der Waals surface area contributed by atoms with Gasteiger partial charge in [0, 0.05) is 15.3 Å². The van der Waals surface area contributed by atoms with E-state index in [0.717, 1.165) is 31.6 Å². The second-order valence-electron chi connectivity index (χ2n) is 6.61. The molecule has 1 amide bonds. The molecule has 1 N–H and O–H groups in total. The van der Waals surface area contributed by atoms with Gasteiger partial charge in [-0.25, -0.2) is 9.37 Å². The molecule has 1 unspecified atom stereocenters. The smallest absolute Gasteiger partial charge is 0.226 e. The van der Waals surface area contributed by atoms with Gasteiger partial charge in [-0.2, -0.15) is 0 Å². The third-order valence-electron chi connectivity index (χ3n) is 4.51. The molecule has 0 saturated carbocycles. The highest BCUT2D eigenvalue weighted by Gasteiger charge is 2.20.